The van der Waals surface area contributed by atoms with Crippen LogP contribution in [0.25, 0.3) is 11.3 Å². The minimum atomic E-state index is -4.99. The summed E-state index contributed by atoms with van der Waals surface area (Å²) in [6, 6.07) is 4.91. The summed E-state index contributed by atoms with van der Waals surface area (Å²) in [4.78, 5) is 36.9. The maximum Gasteiger partial charge on any atom is 0.433 e. The molecule has 0 unspecified atom stereocenters. The number of halogens is 8. The van der Waals surface area contributed by atoms with Gasteiger partial charge in [0.1, 0.15) is 30.0 Å². The molecule has 19 heteroatoms. The van der Waals surface area contributed by atoms with Crippen LogP contribution in [0.1, 0.15) is 55.3 Å². The lowest BCUT2D eigenvalue weighted by Gasteiger charge is -2.48. The average molecular weight is 799 g/mol. The molecule has 11 nitrogen and oxygen atoms in total. The molecule has 0 bridgehead atoms. The summed E-state index contributed by atoms with van der Waals surface area (Å²) in [5.41, 5.74) is -6.94. The highest BCUT2D eigenvalue weighted by Gasteiger charge is 2.53. The first-order valence-corrected chi connectivity index (χ1v) is 17.7. The highest BCUT2D eigenvalue weighted by molar-refractivity contribution is 6.24. The van der Waals surface area contributed by atoms with Gasteiger partial charge in [-0.3, -0.25) is 19.5 Å². The Labute approximate surface area is 315 Å². The lowest BCUT2D eigenvalue weighted by Crippen LogP contribution is -2.62. The van der Waals surface area contributed by atoms with Crippen LogP contribution in [-0.2, 0) is 33.2 Å². The van der Waals surface area contributed by atoms with Crippen molar-refractivity contribution in [3.8, 4) is 17.0 Å². The second-order valence-corrected chi connectivity index (χ2v) is 13.9. The molecule has 3 aliphatic rings. The molecule has 2 aromatic carbocycles. The fraction of sp³-hybridized carbons (Fsp3) is 0.459. The summed E-state index contributed by atoms with van der Waals surface area (Å²) in [6.07, 6.45) is -6.22. The predicted octanol–water partition coefficient (Wildman–Crippen LogP) is 6.90. The number of aliphatic hydroxyl groups excluding tert-OH is 1. The van der Waals surface area contributed by atoms with Crippen molar-refractivity contribution >= 4 is 17.5 Å². The number of likely N-dealkylation sites (N-methyl/N-ethyl adjacent to an activating group) is 2. The van der Waals surface area contributed by atoms with Gasteiger partial charge in [0.25, 0.3) is 11.8 Å². The number of benzene rings is 2. The number of amides is 2. The average Bonchev–Trinajstić information content (AvgIpc) is 3.66. The molecule has 2 fully saturated rings. The zero-order valence-electron chi connectivity index (χ0n) is 30.2. The Balaban J connectivity index is 1.28. The van der Waals surface area contributed by atoms with Crippen LogP contribution in [0.2, 0.25) is 0 Å². The number of hydrogen-bond donors (Lipinski definition) is 2. The molecule has 1 spiro atoms. The summed E-state index contributed by atoms with van der Waals surface area (Å²) >= 11 is 0. The molecule has 6 rings (SSSR count). The van der Waals surface area contributed by atoms with Crippen LogP contribution in [0.4, 0.5) is 40.8 Å². The third-order valence-corrected chi connectivity index (χ3v) is 10.6. The Morgan fingerprint density at radius 2 is 1.71 bits per heavy atom. The van der Waals surface area contributed by atoms with Crippen LogP contribution in [0.15, 0.2) is 54.1 Å². The Morgan fingerprint density at radius 1 is 1.02 bits per heavy atom. The molecule has 3 aromatic rings. The number of hydrazine groups is 1. The number of aliphatic hydroxyl groups is 1. The van der Waals surface area contributed by atoms with Crippen LogP contribution < -0.4 is 10.1 Å². The number of carbonyl (C=O) groups excluding carboxylic acids is 2. The summed E-state index contributed by atoms with van der Waals surface area (Å²) < 4.78 is 124. The van der Waals surface area contributed by atoms with E-state index in [4.69, 9.17) is 9.47 Å². The maximum absolute atomic E-state index is 15.6. The van der Waals surface area contributed by atoms with E-state index >= 15 is 8.78 Å². The first-order valence-electron chi connectivity index (χ1n) is 17.7. The number of rotatable bonds is 10. The van der Waals surface area contributed by atoms with Crippen molar-refractivity contribution in [2.75, 3.05) is 45.8 Å². The van der Waals surface area contributed by atoms with Crippen molar-refractivity contribution in [2.45, 2.75) is 69.0 Å². The second-order valence-electron chi connectivity index (χ2n) is 13.9. The van der Waals surface area contributed by atoms with E-state index in [-0.39, 0.29) is 36.8 Å². The topological polar surface area (TPSA) is 120 Å². The molecule has 1 saturated carbocycles. The molecule has 2 aliphatic heterocycles. The highest BCUT2D eigenvalue weighted by atomic mass is 19.4. The van der Waals surface area contributed by atoms with Crippen molar-refractivity contribution in [1.82, 2.24) is 24.9 Å². The number of ether oxygens (including phenoxy) is 2. The first kappa shape index (κ1) is 40.8. The van der Waals surface area contributed by atoms with Crippen molar-refractivity contribution in [3.63, 3.8) is 0 Å². The molecule has 2 N–H and O–H groups in total. The number of anilines is 1. The SMILES string of the molecule is CN(CCOc1ccc(CN2C(=O)C(C(=O)Nc3ccc(C(F)(F)F)cc3-c3cc(C(F)(F)F)ncn3)=C(O)C3(CCCC3)N2C)c(F)c1F)C1CCOCC1. The molecule has 2 amide bonds. The van der Waals surface area contributed by atoms with E-state index in [9.17, 15) is 41.0 Å². The normalized spacial score (nSPS) is 18.3. The molecule has 0 atom stereocenters. The zero-order chi connectivity index (χ0) is 40.6. The minimum Gasteiger partial charge on any atom is -0.509 e. The lowest BCUT2D eigenvalue weighted by molar-refractivity contribution is -0.163. The molecule has 3 heterocycles. The second kappa shape index (κ2) is 15.9. The van der Waals surface area contributed by atoms with E-state index in [1.54, 1.807) is 0 Å². The van der Waals surface area contributed by atoms with Gasteiger partial charge < -0.3 is 19.9 Å². The maximum atomic E-state index is 15.6. The fourth-order valence-electron chi connectivity index (χ4n) is 7.35. The standard InChI is InChI=1S/C37H38F8N6O5/c1-49(23-9-14-55-15-10-23)13-16-56-27-8-5-21(30(38)31(27)39)19-51-34(54)29(32(52)35(50(51)2)11-3-4-12-35)33(53)48-25-7-6-22(36(40,41)42)17-24(25)26-18-28(37(43,44)45)47-20-46-26/h5-8,17-18,20,23,52H,3-4,9-16,19H2,1-2H3,(H,48,53). The highest BCUT2D eigenvalue weighted by Crippen LogP contribution is 2.45. The third kappa shape index (κ3) is 8.15. The van der Waals surface area contributed by atoms with E-state index in [0.29, 0.717) is 57.1 Å². The van der Waals surface area contributed by atoms with Crippen LogP contribution >= 0.6 is 0 Å². The summed E-state index contributed by atoms with van der Waals surface area (Å²) in [6.45, 7) is 1.15. The van der Waals surface area contributed by atoms with Gasteiger partial charge in [0.2, 0.25) is 5.82 Å². The molecular formula is C37H38F8N6O5. The van der Waals surface area contributed by atoms with E-state index in [0.717, 1.165) is 23.9 Å². The van der Waals surface area contributed by atoms with E-state index < -0.39 is 87.4 Å². The Hall–Kier alpha value is -4.88. The fourth-order valence-corrected chi connectivity index (χ4v) is 7.35. The number of alkyl halides is 6. The quantitative estimate of drug-likeness (QED) is 0.167. The Kier molecular flexibility index (Phi) is 11.6. The van der Waals surface area contributed by atoms with Gasteiger partial charge in [-0.1, -0.05) is 18.9 Å². The Bertz CT molecular complexity index is 2000. The number of carbonyl (C=O) groups is 2. The van der Waals surface area contributed by atoms with Gasteiger partial charge in [-0.25, -0.2) is 19.4 Å². The summed E-state index contributed by atoms with van der Waals surface area (Å²) in [5.74, 6) is -6.11. The summed E-state index contributed by atoms with van der Waals surface area (Å²) in [5, 5.41) is 16.1. The Morgan fingerprint density at radius 3 is 2.38 bits per heavy atom. The summed E-state index contributed by atoms with van der Waals surface area (Å²) in [7, 11) is 3.34. The van der Waals surface area contributed by atoms with Gasteiger partial charge in [-0.2, -0.15) is 30.7 Å². The predicted molar refractivity (Wildman–Crippen MR) is 184 cm³/mol. The van der Waals surface area contributed by atoms with Gasteiger partial charge in [0, 0.05) is 44.0 Å². The van der Waals surface area contributed by atoms with Gasteiger partial charge >= 0.3 is 12.4 Å². The van der Waals surface area contributed by atoms with Gasteiger partial charge in [0.05, 0.1) is 29.0 Å². The molecule has 1 aromatic heterocycles. The van der Waals surface area contributed by atoms with Crippen LogP contribution in [0.5, 0.6) is 5.75 Å². The van der Waals surface area contributed by atoms with Crippen molar-refractivity contribution in [3.05, 3.63) is 82.5 Å². The van der Waals surface area contributed by atoms with Crippen LogP contribution in [-0.4, -0.2) is 93.8 Å². The number of nitrogens with zero attached hydrogens (tertiary/aromatic N) is 5. The van der Waals surface area contributed by atoms with Crippen molar-refractivity contribution in [1.29, 1.82) is 0 Å². The monoisotopic (exact) mass is 798 g/mol. The molecular weight excluding hydrogens is 760 g/mol. The van der Waals surface area contributed by atoms with Crippen LogP contribution in [0, 0.1) is 11.6 Å². The molecule has 56 heavy (non-hydrogen) atoms. The number of hydrogen-bond acceptors (Lipinski definition) is 9. The van der Waals surface area contributed by atoms with Gasteiger partial charge in [0.15, 0.2) is 11.6 Å². The van der Waals surface area contributed by atoms with E-state index in [1.165, 1.54) is 24.2 Å². The van der Waals surface area contributed by atoms with E-state index in [2.05, 4.69) is 20.2 Å². The lowest BCUT2D eigenvalue weighted by atomic mass is 9.88. The first-order chi connectivity index (χ1) is 26.4. The van der Waals surface area contributed by atoms with Crippen LogP contribution in [0.3, 0.4) is 0 Å². The smallest absolute Gasteiger partial charge is 0.433 e. The molecule has 302 valence electrons. The van der Waals surface area contributed by atoms with Gasteiger partial charge in [-0.15, -0.1) is 0 Å². The number of nitrogens with one attached hydrogen (secondary N) is 1. The molecule has 0 radical (unpaired) electrons. The van der Waals surface area contributed by atoms with Crippen molar-refractivity contribution < 1.29 is 59.3 Å². The van der Waals surface area contributed by atoms with Gasteiger partial charge in [-0.05, 0) is 63.1 Å². The zero-order valence-corrected chi connectivity index (χ0v) is 30.2. The largest absolute Gasteiger partial charge is 0.509 e. The third-order valence-electron chi connectivity index (χ3n) is 10.6. The molecule has 1 saturated heterocycles. The number of aromatic nitrogens is 2. The minimum absolute atomic E-state index is 0.0589. The van der Waals surface area contributed by atoms with E-state index in [1.807, 2.05) is 7.05 Å². The molecule has 1 aliphatic carbocycles. The van der Waals surface area contributed by atoms with Crippen molar-refractivity contribution in [2.24, 2.45) is 0 Å².